The van der Waals surface area contributed by atoms with Gasteiger partial charge in [0.1, 0.15) is 6.54 Å². The normalized spacial score (nSPS) is 15.5. The fourth-order valence-electron chi connectivity index (χ4n) is 1.44. The van der Waals surface area contributed by atoms with Crippen LogP contribution in [-0.2, 0) is 13.1 Å². The molecule has 0 aromatic carbocycles. The van der Waals surface area contributed by atoms with Crippen LogP contribution in [0.3, 0.4) is 0 Å². The zero-order valence-electron chi connectivity index (χ0n) is 8.70. The molecule has 0 saturated heterocycles. The maximum absolute atomic E-state index is 4.65. The SMILES string of the molecule is c1nc(Cn2cc(CNC3CC3)nn2)no1. The molecule has 7 heteroatoms. The fourth-order valence-corrected chi connectivity index (χ4v) is 1.44. The molecule has 0 atom stereocenters. The Balaban J connectivity index is 1.58. The lowest BCUT2D eigenvalue weighted by Gasteiger charge is -1.96. The third-order valence-electron chi connectivity index (χ3n) is 2.45. The van der Waals surface area contributed by atoms with Crippen molar-refractivity contribution < 1.29 is 4.52 Å². The minimum Gasteiger partial charge on any atom is -0.343 e. The first kappa shape index (κ1) is 9.46. The van der Waals surface area contributed by atoms with Crippen molar-refractivity contribution in [3.8, 4) is 0 Å². The molecule has 0 aliphatic heterocycles. The number of nitrogens with one attached hydrogen (secondary N) is 1. The lowest BCUT2D eigenvalue weighted by molar-refractivity contribution is 0.406. The summed E-state index contributed by atoms with van der Waals surface area (Å²) in [4.78, 5) is 3.92. The highest BCUT2D eigenvalue weighted by atomic mass is 16.5. The Morgan fingerprint density at radius 3 is 3.19 bits per heavy atom. The third-order valence-corrected chi connectivity index (χ3v) is 2.45. The lowest BCUT2D eigenvalue weighted by atomic mass is 10.4. The second-order valence-electron chi connectivity index (χ2n) is 3.91. The quantitative estimate of drug-likeness (QED) is 0.761. The molecule has 3 rings (SSSR count). The molecule has 2 heterocycles. The molecule has 0 radical (unpaired) electrons. The highest BCUT2D eigenvalue weighted by molar-refractivity contribution is 4.95. The first-order valence-electron chi connectivity index (χ1n) is 5.28. The molecule has 0 bridgehead atoms. The third kappa shape index (κ3) is 2.25. The summed E-state index contributed by atoms with van der Waals surface area (Å²) in [7, 11) is 0. The van der Waals surface area contributed by atoms with E-state index < -0.39 is 0 Å². The molecule has 84 valence electrons. The predicted octanol–water partition coefficient (Wildman–Crippen LogP) is -0.0386. The topological polar surface area (TPSA) is 81.7 Å². The van der Waals surface area contributed by atoms with Crippen LogP contribution in [0, 0.1) is 0 Å². The Labute approximate surface area is 91.8 Å². The molecule has 16 heavy (non-hydrogen) atoms. The van der Waals surface area contributed by atoms with Gasteiger partial charge in [-0.2, -0.15) is 4.98 Å². The first-order valence-corrected chi connectivity index (χ1v) is 5.28. The predicted molar refractivity (Wildman–Crippen MR) is 53.3 cm³/mol. The van der Waals surface area contributed by atoms with Crippen LogP contribution in [0.2, 0.25) is 0 Å². The zero-order chi connectivity index (χ0) is 10.8. The molecule has 1 saturated carbocycles. The average Bonchev–Trinajstić information content (AvgIpc) is 2.78. The largest absolute Gasteiger partial charge is 0.343 e. The summed E-state index contributed by atoms with van der Waals surface area (Å²) in [5.41, 5.74) is 0.940. The first-order chi connectivity index (χ1) is 7.90. The second kappa shape index (κ2) is 4.01. The molecule has 1 aliphatic carbocycles. The fraction of sp³-hybridized carbons (Fsp3) is 0.556. The van der Waals surface area contributed by atoms with Crippen LogP contribution in [0.4, 0.5) is 0 Å². The van der Waals surface area contributed by atoms with Crippen molar-refractivity contribution in [2.45, 2.75) is 32.0 Å². The molecule has 7 nitrogen and oxygen atoms in total. The van der Waals surface area contributed by atoms with Gasteiger partial charge in [-0.3, -0.25) is 0 Å². The summed E-state index contributed by atoms with van der Waals surface area (Å²) in [6, 6.07) is 0.683. The summed E-state index contributed by atoms with van der Waals surface area (Å²) in [6.07, 6.45) is 5.75. The van der Waals surface area contributed by atoms with Gasteiger partial charge in [0.25, 0.3) is 0 Å². The number of nitrogens with zero attached hydrogens (tertiary/aromatic N) is 5. The van der Waals surface area contributed by atoms with Crippen LogP contribution in [0.15, 0.2) is 17.1 Å². The van der Waals surface area contributed by atoms with Crippen LogP contribution in [0.25, 0.3) is 0 Å². The van der Waals surface area contributed by atoms with Crippen LogP contribution in [0.5, 0.6) is 0 Å². The molecule has 2 aromatic heterocycles. The molecule has 0 unspecified atom stereocenters. The maximum Gasteiger partial charge on any atom is 0.213 e. The number of hydrogen-bond donors (Lipinski definition) is 1. The van der Waals surface area contributed by atoms with Gasteiger partial charge in [0, 0.05) is 12.6 Å². The Morgan fingerprint density at radius 1 is 1.50 bits per heavy atom. The summed E-state index contributed by atoms with van der Waals surface area (Å²) in [5.74, 6) is 0.603. The molecule has 2 aromatic rings. The van der Waals surface area contributed by atoms with Gasteiger partial charge in [0.15, 0.2) is 5.82 Å². The van der Waals surface area contributed by atoms with Crippen LogP contribution >= 0.6 is 0 Å². The highest BCUT2D eigenvalue weighted by Crippen LogP contribution is 2.18. The zero-order valence-corrected chi connectivity index (χ0v) is 8.70. The Kier molecular flexibility index (Phi) is 2.37. The summed E-state index contributed by atoms with van der Waals surface area (Å²) < 4.78 is 6.35. The van der Waals surface area contributed by atoms with Crippen molar-refractivity contribution in [1.29, 1.82) is 0 Å². The monoisotopic (exact) mass is 220 g/mol. The van der Waals surface area contributed by atoms with Gasteiger partial charge in [-0.1, -0.05) is 10.4 Å². The van der Waals surface area contributed by atoms with Crippen LogP contribution in [-0.4, -0.2) is 31.2 Å². The van der Waals surface area contributed by atoms with Gasteiger partial charge in [-0.25, -0.2) is 4.68 Å². The smallest absolute Gasteiger partial charge is 0.213 e. The van der Waals surface area contributed by atoms with E-state index in [0.717, 1.165) is 12.2 Å². The van der Waals surface area contributed by atoms with Gasteiger partial charge in [0.05, 0.1) is 11.9 Å². The Bertz CT molecular complexity index is 446. The average molecular weight is 220 g/mol. The lowest BCUT2D eigenvalue weighted by Crippen LogP contribution is -2.15. The van der Waals surface area contributed by atoms with E-state index in [4.69, 9.17) is 0 Å². The van der Waals surface area contributed by atoms with E-state index in [1.165, 1.54) is 19.2 Å². The molecule has 0 amide bonds. The minimum atomic E-state index is 0.493. The standard InChI is InChI=1S/C9H12N6O/c1-2-7(1)10-3-8-4-15(14-12-8)5-9-11-6-16-13-9/h4,6-7,10H,1-3,5H2. The van der Waals surface area contributed by atoms with Crippen molar-refractivity contribution >= 4 is 0 Å². The molecule has 1 N–H and O–H groups in total. The van der Waals surface area contributed by atoms with Gasteiger partial charge in [-0.15, -0.1) is 5.10 Å². The molecular weight excluding hydrogens is 208 g/mol. The van der Waals surface area contributed by atoms with Gasteiger partial charge in [-0.05, 0) is 12.8 Å². The van der Waals surface area contributed by atoms with Gasteiger partial charge >= 0.3 is 0 Å². The van der Waals surface area contributed by atoms with Crippen molar-refractivity contribution in [2.75, 3.05) is 0 Å². The van der Waals surface area contributed by atoms with Crippen molar-refractivity contribution in [2.24, 2.45) is 0 Å². The van der Waals surface area contributed by atoms with E-state index in [0.29, 0.717) is 18.4 Å². The van der Waals surface area contributed by atoms with E-state index in [1.807, 2.05) is 6.20 Å². The Morgan fingerprint density at radius 2 is 2.44 bits per heavy atom. The van der Waals surface area contributed by atoms with Crippen molar-refractivity contribution in [1.82, 2.24) is 30.5 Å². The Hall–Kier alpha value is -1.76. The number of aromatic nitrogens is 5. The molecule has 0 spiro atoms. The summed E-state index contributed by atoms with van der Waals surface area (Å²) in [5, 5.41) is 15.1. The maximum atomic E-state index is 4.65. The van der Waals surface area contributed by atoms with Crippen molar-refractivity contribution in [3.63, 3.8) is 0 Å². The van der Waals surface area contributed by atoms with E-state index in [1.54, 1.807) is 4.68 Å². The number of rotatable bonds is 5. The number of hydrogen-bond acceptors (Lipinski definition) is 6. The highest BCUT2D eigenvalue weighted by Gasteiger charge is 2.20. The van der Waals surface area contributed by atoms with Crippen molar-refractivity contribution in [3.05, 3.63) is 24.1 Å². The molecular formula is C9H12N6O. The van der Waals surface area contributed by atoms with Gasteiger partial charge in [0.2, 0.25) is 6.39 Å². The van der Waals surface area contributed by atoms with E-state index in [-0.39, 0.29) is 0 Å². The van der Waals surface area contributed by atoms with Crippen LogP contribution < -0.4 is 5.32 Å². The van der Waals surface area contributed by atoms with E-state index in [9.17, 15) is 0 Å². The van der Waals surface area contributed by atoms with Gasteiger partial charge < -0.3 is 9.84 Å². The second-order valence-corrected chi connectivity index (χ2v) is 3.91. The minimum absolute atomic E-state index is 0.493. The summed E-state index contributed by atoms with van der Waals surface area (Å²) in [6.45, 7) is 1.27. The molecule has 1 aliphatic rings. The van der Waals surface area contributed by atoms with E-state index in [2.05, 4.69) is 30.3 Å². The van der Waals surface area contributed by atoms with Crippen LogP contribution in [0.1, 0.15) is 24.4 Å². The van der Waals surface area contributed by atoms with E-state index >= 15 is 0 Å². The molecule has 1 fully saturated rings. The summed E-state index contributed by atoms with van der Waals surface area (Å²) >= 11 is 0.